The molecule has 1 aliphatic rings. The Labute approximate surface area is 124 Å². The fourth-order valence-electron chi connectivity index (χ4n) is 2.45. The smallest absolute Gasteiger partial charge is 0.326 e. The van der Waals surface area contributed by atoms with Crippen molar-refractivity contribution in [2.24, 2.45) is 5.92 Å². The number of halogens is 1. The van der Waals surface area contributed by atoms with E-state index >= 15 is 0 Å². The molecule has 1 aliphatic carbocycles. The van der Waals surface area contributed by atoms with E-state index in [2.05, 4.69) is 10.3 Å². The molecular formula is C15H13FN2O4. The highest BCUT2D eigenvalue weighted by Gasteiger charge is 2.37. The molecule has 6 nitrogen and oxygen atoms in total. The number of benzene rings is 1. The van der Waals surface area contributed by atoms with Crippen LogP contribution < -0.4 is 10.9 Å². The lowest BCUT2D eigenvalue weighted by Crippen LogP contribution is -2.42. The van der Waals surface area contributed by atoms with Gasteiger partial charge in [-0.1, -0.05) is 0 Å². The Morgan fingerprint density at radius 1 is 1.32 bits per heavy atom. The van der Waals surface area contributed by atoms with E-state index in [4.69, 9.17) is 5.11 Å². The fourth-order valence-corrected chi connectivity index (χ4v) is 2.45. The normalized spacial score (nSPS) is 15.5. The third-order valence-corrected chi connectivity index (χ3v) is 3.70. The Bertz CT molecular complexity index is 826. The standard InChI is InChI=1S/C15H13FN2O4/c16-8-3-4-9-10(6-12(19)17-11(9)5-8)14(20)18-13(15(21)22)7-1-2-7/h3-7,13H,1-2H2,(H,17,19)(H,18,20)(H,21,22). The van der Waals surface area contributed by atoms with E-state index in [0.29, 0.717) is 5.39 Å². The number of fused-ring (bicyclic) bond motifs is 1. The SMILES string of the molecule is O=C(NC(C(=O)O)C1CC1)c1cc(=O)[nH]c2cc(F)ccc12. The van der Waals surface area contributed by atoms with Crippen LogP contribution in [-0.4, -0.2) is 28.0 Å². The van der Waals surface area contributed by atoms with Gasteiger partial charge in [0.1, 0.15) is 11.9 Å². The summed E-state index contributed by atoms with van der Waals surface area (Å²) >= 11 is 0. The number of nitrogens with one attached hydrogen (secondary N) is 2. The molecule has 114 valence electrons. The zero-order valence-electron chi connectivity index (χ0n) is 11.4. The number of carboxylic acid groups (broad SMARTS) is 1. The van der Waals surface area contributed by atoms with E-state index in [1.807, 2.05) is 0 Å². The molecule has 0 bridgehead atoms. The summed E-state index contributed by atoms with van der Waals surface area (Å²) in [4.78, 5) is 37.6. The topological polar surface area (TPSA) is 99.3 Å². The second-order valence-corrected chi connectivity index (χ2v) is 5.36. The summed E-state index contributed by atoms with van der Waals surface area (Å²) in [6.07, 6.45) is 1.50. The van der Waals surface area contributed by atoms with Crippen molar-refractivity contribution in [3.05, 3.63) is 46.0 Å². The number of hydrogen-bond acceptors (Lipinski definition) is 3. The third-order valence-electron chi connectivity index (χ3n) is 3.70. The van der Waals surface area contributed by atoms with Crippen LogP contribution in [0.15, 0.2) is 29.1 Å². The highest BCUT2D eigenvalue weighted by Crippen LogP contribution is 2.33. The number of carbonyl (C=O) groups excluding carboxylic acids is 1. The molecule has 22 heavy (non-hydrogen) atoms. The zero-order valence-corrected chi connectivity index (χ0v) is 11.4. The van der Waals surface area contributed by atoms with Crippen LogP contribution in [0.5, 0.6) is 0 Å². The summed E-state index contributed by atoms with van der Waals surface area (Å²) in [5.74, 6) is -2.37. The van der Waals surface area contributed by atoms with Gasteiger partial charge in [-0.2, -0.15) is 0 Å². The van der Waals surface area contributed by atoms with Gasteiger partial charge in [0.05, 0.1) is 11.1 Å². The van der Waals surface area contributed by atoms with Gasteiger partial charge >= 0.3 is 5.97 Å². The number of hydrogen-bond donors (Lipinski definition) is 3. The molecule has 3 rings (SSSR count). The second kappa shape index (κ2) is 5.25. The summed E-state index contributed by atoms with van der Waals surface area (Å²) in [6, 6.07) is 3.78. The number of pyridine rings is 1. The highest BCUT2D eigenvalue weighted by atomic mass is 19.1. The molecular weight excluding hydrogens is 291 g/mol. The highest BCUT2D eigenvalue weighted by molar-refractivity contribution is 6.07. The minimum atomic E-state index is -1.10. The summed E-state index contributed by atoms with van der Waals surface area (Å²) in [7, 11) is 0. The van der Waals surface area contributed by atoms with Gasteiger partial charge in [0.2, 0.25) is 5.56 Å². The molecule has 2 aromatic rings. The second-order valence-electron chi connectivity index (χ2n) is 5.36. The van der Waals surface area contributed by atoms with Gasteiger partial charge in [0.15, 0.2) is 0 Å². The van der Waals surface area contributed by atoms with Gasteiger partial charge < -0.3 is 15.4 Å². The Morgan fingerprint density at radius 2 is 2.05 bits per heavy atom. The Morgan fingerprint density at radius 3 is 2.68 bits per heavy atom. The van der Waals surface area contributed by atoms with E-state index in [9.17, 15) is 18.8 Å². The number of H-pyrrole nitrogens is 1. The number of aromatic nitrogens is 1. The maximum absolute atomic E-state index is 13.2. The molecule has 1 aromatic heterocycles. The van der Waals surface area contributed by atoms with Crippen molar-refractivity contribution in [1.29, 1.82) is 0 Å². The van der Waals surface area contributed by atoms with E-state index in [1.54, 1.807) is 0 Å². The molecule has 0 aliphatic heterocycles. The Kier molecular flexibility index (Phi) is 3.40. The maximum atomic E-state index is 13.2. The molecule has 1 atom stereocenters. The van der Waals surface area contributed by atoms with Gasteiger partial charge in [0, 0.05) is 11.5 Å². The van der Waals surface area contributed by atoms with Gasteiger partial charge in [-0.25, -0.2) is 9.18 Å². The summed E-state index contributed by atoms with van der Waals surface area (Å²) in [5, 5.41) is 12.0. The van der Waals surface area contributed by atoms with E-state index < -0.39 is 29.3 Å². The molecule has 0 radical (unpaired) electrons. The molecule has 7 heteroatoms. The van der Waals surface area contributed by atoms with Crippen LogP contribution in [0.25, 0.3) is 10.9 Å². The first-order chi connectivity index (χ1) is 10.5. The van der Waals surface area contributed by atoms with Crippen LogP contribution in [0.3, 0.4) is 0 Å². The van der Waals surface area contributed by atoms with Gasteiger partial charge in [-0.15, -0.1) is 0 Å². The van der Waals surface area contributed by atoms with Crippen LogP contribution >= 0.6 is 0 Å². The van der Waals surface area contributed by atoms with Crippen molar-refractivity contribution in [2.75, 3.05) is 0 Å². The average Bonchev–Trinajstić information content (AvgIpc) is 3.27. The zero-order chi connectivity index (χ0) is 15.9. The molecule has 0 saturated heterocycles. The predicted molar refractivity (Wildman–Crippen MR) is 76.1 cm³/mol. The first kappa shape index (κ1) is 14.2. The number of rotatable bonds is 4. The quantitative estimate of drug-likeness (QED) is 0.791. The van der Waals surface area contributed by atoms with Gasteiger partial charge in [-0.05, 0) is 37.0 Å². The fraction of sp³-hybridized carbons (Fsp3) is 0.267. The monoisotopic (exact) mass is 304 g/mol. The van der Waals surface area contributed by atoms with E-state index in [0.717, 1.165) is 25.0 Å². The Balaban J connectivity index is 2.00. The number of carbonyl (C=O) groups is 2. The molecule has 0 spiro atoms. The van der Waals surface area contributed by atoms with Crippen LogP contribution in [-0.2, 0) is 4.79 Å². The molecule has 1 fully saturated rings. The van der Waals surface area contributed by atoms with Crippen molar-refractivity contribution >= 4 is 22.8 Å². The molecule has 1 unspecified atom stereocenters. The van der Waals surface area contributed by atoms with E-state index in [-0.39, 0.29) is 17.0 Å². The molecule has 1 saturated carbocycles. The van der Waals surface area contributed by atoms with Crippen molar-refractivity contribution in [3.63, 3.8) is 0 Å². The Hall–Kier alpha value is -2.70. The number of carboxylic acids is 1. The first-order valence-corrected chi connectivity index (χ1v) is 6.82. The average molecular weight is 304 g/mol. The van der Waals surface area contributed by atoms with Crippen molar-refractivity contribution < 1.29 is 19.1 Å². The summed E-state index contributed by atoms with van der Waals surface area (Å²) in [6.45, 7) is 0. The van der Waals surface area contributed by atoms with Crippen LogP contribution in [0.2, 0.25) is 0 Å². The minimum absolute atomic E-state index is 0.0330. The predicted octanol–water partition coefficient (Wildman–Crippen LogP) is 1.26. The first-order valence-electron chi connectivity index (χ1n) is 6.82. The van der Waals surface area contributed by atoms with Crippen LogP contribution in [0, 0.1) is 11.7 Å². The summed E-state index contributed by atoms with van der Waals surface area (Å²) in [5.41, 5.74) is -0.330. The van der Waals surface area contributed by atoms with Crippen molar-refractivity contribution in [1.82, 2.24) is 10.3 Å². The van der Waals surface area contributed by atoms with E-state index in [1.165, 1.54) is 12.1 Å². The lowest BCUT2D eigenvalue weighted by molar-refractivity contribution is -0.139. The van der Waals surface area contributed by atoms with Crippen LogP contribution in [0.1, 0.15) is 23.2 Å². The minimum Gasteiger partial charge on any atom is -0.480 e. The summed E-state index contributed by atoms with van der Waals surface area (Å²) < 4.78 is 13.2. The lowest BCUT2D eigenvalue weighted by atomic mass is 10.1. The largest absolute Gasteiger partial charge is 0.480 e. The molecule has 1 aromatic carbocycles. The third kappa shape index (κ3) is 2.69. The molecule has 3 N–H and O–H groups in total. The molecule has 1 amide bonds. The van der Waals surface area contributed by atoms with Crippen LogP contribution in [0.4, 0.5) is 4.39 Å². The number of aromatic amines is 1. The number of amides is 1. The van der Waals surface area contributed by atoms with Gasteiger partial charge in [0.25, 0.3) is 5.91 Å². The van der Waals surface area contributed by atoms with Crippen molar-refractivity contribution in [3.8, 4) is 0 Å². The van der Waals surface area contributed by atoms with Crippen molar-refractivity contribution in [2.45, 2.75) is 18.9 Å². The maximum Gasteiger partial charge on any atom is 0.326 e. The van der Waals surface area contributed by atoms with Gasteiger partial charge in [-0.3, -0.25) is 9.59 Å². The number of aliphatic carboxylic acids is 1. The lowest BCUT2D eigenvalue weighted by Gasteiger charge is -2.14. The molecule has 1 heterocycles.